The third kappa shape index (κ3) is 3.75. The molecule has 0 fully saturated rings. The number of hydrogen-bond donors (Lipinski definition) is 1. The molecule has 90 valence electrons. The smallest absolute Gasteiger partial charge is 0.422 e. The molecule has 1 aromatic heterocycles. The summed E-state index contributed by atoms with van der Waals surface area (Å²) in [7, 11) is 2.78. The lowest BCUT2D eigenvalue weighted by Crippen LogP contribution is -2.20. The van der Waals surface area contributed by atoms with Crippen LogP contribution in [0.4, 0.5) is 19.1 Å². The minimum atomic E-state index is -4.44. The van der Waals surface area contributed by atoms with Gasteiger partial charge in [0.1, 0.15) is 0 Å². The van der Waals surface area contributed by atoms with Crippen molar-refractivity contribution in [2.75, 3.05) is 26.1 Å². The van der Waals surface area contributed by atoms with Crippen LogP contribution in [0, 0.1) is 0 Å². The molecule has 6 nitrogen and oxygen atoms in total. The van der Waals surface area contributed by atoms with E-state index in [9.17, 15) is 13.2 Å². The van der Waals surface area contributed by atoms with Gasteiger partial charge in [0.25, 0.3) is 0 Å². The molecule has 0 aromatic carbocycles. The first-order valence-electron chi connectivity index (χ1n) is 4.12. The zero-order chi connectivity index (χ0) is 12.2. The minimum absolute atomic E-state index is 0.0593. The summed E-state index contributed by atoms with van der Waals surface area (Å²) in [5, 5.41) is 2.54. The van der Waals surface area contributed by atoms with Gasteiger partial charge in [-0.1, -0.05) is 0 Å². The van der Waals surface area contributed by atoms with Crippen molar-refractivity contribution in [2.24, 2.45) is 0 Å². The number of rotatable bonds is 4. The molecule has 1 rings (SSSR count). The number of hydrogen-bond acceptors (Lipinski definition) is 6. The van der Waals surface area contributed by atoms with E-state index in [-0.39, 0.29) is 12.0 Å². The van der Waals surface area contributed by atoms with E-state index in [1.54, 1.807) is 0 Å². The van der Waals surface area contributed by atoms with Gasteiger partial charge in [-0.3, -0.25) is 0 Å². The van der Waals surface area contributed by atoms with Gasteiger partial charge < -0.3 is 14.8 Å². The predicted molar refractivity (Wildman–Crippen MR) is 47.5 cm³/mol. The first-order valence-corrected chi connectivity index (χ1v) is 4.12. The molecule has 0 saturated carbocycles. The van der Waals surface area contributed by atoms with E-state index in [4.69, 9.17) is 0 Å². The van der Waals surface area contributed by atoms with Gasteiger partial charge in [-0.2, -0.15) is 23.1 Å². The summed E-state index contributed by atoms with van der Waals surface area (Å²) in [6.45, 7) is -1.47. The number of ether oxygens (including phenoxy) is 2. The fraction of sp³-hybridized carbons (Fsp3) is 0.571. The molecule has 0 bridgehead atoms. The Morgan fingerprint density at radius 1 is 1.19 bits per heavy atom. The van der Waals surface area contributed by atoms with Crippen LogP contribution in [-0.4, -0.2) is 41.9 Å². The number of anilines is 1. The summed E-state index contributed by atoms with van der Waals surface area (Å²) >= 11 is 0. The quantitative estimate of drug-likeness (QED) is 0.839. The van der Waals surface area contributed by atoms with Crippen molar-refractivity contribution in [3.63, 3.8) is 0 Å². The molecule has 0 aliphatic rings. The Hall–Kier alpha value is -1.80. The van der Waals surface area contributed by atoms with Crippen molar-refractivity contribution >= 4 is 5.95 Å². The highest BCUT2D eigenvalue weighted by molar-refractivity contribution is 5.26. The molecular formula is C7H9F3N4O2. The molecule has 1 N–H and O–H groups in total. The molecule has 0 spiro atoms. The van der Waals surface area contributed by atoms with Gasteiger partial charge in [-0.05, 0) is 0 Å². The Bertz CT molecular complexity index is 336. The molecule has 0 amide bonds. The zero-order valence-corrected chi connectivity index (χ0v) is 8.50. The number of halogens is 3. The molecule has 1 aromatic rings. The van der Waals surface area contributed by atoms with Gasteiger partial charge in [0.15, 0.2) is 6.61 Å². The summed E-state index contributed by atoms with van der Waals surface area (Å²) in [5.41, 5.74) is 0. The number of nitrogens with one attached hydrogen (secondary N) is 1. The summed E-state index contributed by atoms with van der Waals surface area (Å²) in [6, 6.07) is -0.579. The summed E-state index contributed by atoms with van der Waals surface area (Å²) in [4.78, 5) is 10.8. The van der Waals surface area contributed by atoms with Crippen LogP contribution in [0.25, 0.3) is 0 Å². The lowest BCUT2D eigenvalue weighted by molar-refractivity contribution is -0.154. The molecule has 0 aliphatic heterocycles. The second-order valence-electron chi connectivity index (χ2n) is 2.58. The van der Waals surface area contributed by atoms with Gasteiger partial charge in [0.05, 0.1) is 7.11 Å². The maximum atomic E-state index is 11.9. The maximum Gasteiger partial charge on any atom is 0.422 e. The lowest BCUT2D eigenvalue weighted by Gasteiger charge is -2.08. The van der Waals surface area contributed by atoms with E-state index in [1.807, 2.05) is 0 Å². The molecule has 1 heterocycles. The largest absolute Gasteiger partial charge is 0.467 e. The average molecular weight is 238 g/mol. The second kappa shape index (κ2) is 4.81. The molecule has 0 atom stereocenters. The molecule has 0 aliphatic carbocycles. The third-order valence-electron chi connectivity index (χ3n) is 1.37. The monoisotopic (exact) mass is 238 g/mol. The van der Waals surface area contributed by atoms with Crippen LogP contribution in [0.3, 0.4) is 0 Å². The first-order chi connectivity index (χ1) is 7.44. The summed E-state index contributed by atoms with van der Waals surface area (Å²) < 4.78 is 44.6. The van der Waals surface area contributed by atoms with Crippen LogP contribution < -0.4 is 14.8 Å². The summed E-state index contributed by atoms with van der Waals surface area (Å²) in [6.07, 6.45) is -4.44. The van der Waals surface area contributed by atoms with Gasteiger partial charge in [0.2, 0.25) is 5.95 Å². The Morgan fingerprint density at radius 3 is 2.31 bits per heavy atom. The van der Waals surface area contributed by atoms with Crippen LogP contribution in [0.15, 0.2) is 0 Å². The Morgan fingerprint density at radius 2 is 1.81 bits per heavy atom. The number of nitrogens with zero attached hydrogens (tertiary/aromatic N) is 3. The van der Waals surface area contributed by atoms with E-state index < -0.39 is 18.8 Å². The van der Waals surface area contributed by atoms with Crippen molar-refractivity contribution < 1.29 is 22.6 Å². The van der Waals surface area contributed by atoms with Crippen molar-refractivity contribution in [1.82, 2.24) is 15.0 Å². The summed E-state index contributed by atoms with van der Waals surface area (Å²) in [5.74, 6) is 0.0593. The fourth-order valence-electron chi connectivity index (χ4n) is 0.752. The van der Waals surface area contributed by atoms with E-state index in [1.165, 1.54) is 14.2 Å². The molecule has 0 unspecified atom stereocenters. The molecule has 9 heteroatoms. The van der Waals surface area contributed by atoms with Gasteiger partial charge >= 0.3 is 18.2 Å². The minimum Gasteiger partial charge on any atom is -0.467 e. The van der Waals surface area contributed by atoms with Crippen LogP contribution in [0.2, 0.25) is 0 Å². The van der Waals surface area contributed by atoms with Crippen LogP contribution in [0.5, 0.6) is 12.0 Å². The highest BCUT2D eigenvalue weighted by atomic mass is 19.4. The third-order valence-corrected chi connectivity index (χ3v) is 1.37. The van der Waals surface area contributed by atoms with Crippen LogP contribution in [0.1, 0.15) is 0 Å². The van der Waals surface area contributed by atoms with Crippen molar-refractivity contribution in [1.29, 1.82) is 0 Å². The number of aromatic nitrogens is 3. The Balaban J connectivity index is 2.79. The second-order valence-corrected chi connectivity index (χ2v) is 2.58. The zero-order valence-electron chi connectivity index (χ0n) is 8.50. The molecular weight excluding hydrogens is 229 g/mol. The Kier molecular flexibility index (Phi) is 3.69. The van der Waals surface area contributed by atoms with Crippen LogP contribution in [-0.2, 0) is 0 Å². The lowest BCUT2D eigenvalue weighted by atomic mass is 10.7. The van der Waals surface area contributed by atoms with E-state index in [0.717, 1.165) is 0 Å². The standard InChI is InChI=1S/C7H9F3N4O2/c1-11-4-12-5(15-2)14-6(13-4)16-3-7(8,9)10/h3H2,1-2H3,(H,11,12,13,14). The van der Waals surface area contributed by atoms with Crippen molar-refractivity contribution in [3.8, 4) is 12.0 Å². The van der Waals surface area contributed by atoms with Gasteiger partial charge in [-0.15, -0.1) is 4.98 Å². The molecule has 0 radical (unpaired) electrons. The SMILES string of the molecule is CNc1nc(OC)nc(OCC(F)(F)F)n1. The van der Waals surface area contributed by atoms with E-state index >= 15 is 0 Å². The normalized spacial score (nSPS) is 11.1. The highest BCUT2D eigenvalue weighted by Crippen LogP contribution is 2.17. The van der Waals surface area contributed by atoms with Crippen LogP contribution >= 0.6 is 0 Å². The predicted octanol–water partition coefficient (Wildman–Crippen LogP) is 0.863. The van der Waals surface area contributed by atoms with Crippen molar-refractivity contribution in [2.45, 2.75) is 6.18 Å². The van der Waals surface area contributed by atoms with Crippen molar-refractivity contribution in [3.05, 3.63) is 0 Å². The van der Waals surface area contributed by atoms with Gasteiger partial charge in [-0.25, -0.2) is 0 Å². The Labute approximate surface area is 88.8 Å². The first kappa shape index (κ1) is 12.3. The number of alkyl halides is 3. The molecule has 0 saturated heterocycles. The maximum absolute atomic E-state index is 11.9. The number of methoxy groups -OCH3 is 1. The van der Waals surface area contributed by atoms with Gasteiger partial charge in [0, 0.05) is 7.05 Å². The van der Waals surface area contributed by atoms with E-state index in [0.29, 0.717) is 0 Å². The molecule has 16 heavy (non-hydrogen) atoms. The highest BCUT2D eigenvalue weighted by Gasteiger charge is 2.29. The van der Waals surface area contributed by atoms with E-state index in [2.05, 4.69) is 29.7 Å². The average Bonchev–Trinajstić information content (AvgIpc) is 2.25. The fourth-order valence-corrected chi connectivity index (χ4v) is 0.752. The topological polar surface area (TPSA) is 69.2 Å².